The molecule has 0 aliphatic heterocycles. The van der Waals surface area contributed by atoms with Gasteiger partial charge in [0, 0.05) is 50.2 Å². The second-order valence-corrected chi connectivity index (χ2v) is 14.0. The molecule has 1 unspecified atom stereocenters. The van der Waals surface area contributed by atoms with Crippen molar-refractivity contribution < 1.29 is 25.8 Å². The Labute approximate surface area is 341 Å². The van der Waals surface area contributed by atoms with E-state index >= 15 is 0 Å². The van der Waals surface area contributed by atoms with Gasteiger partial charge in [0.1, 0.15) is 5.82 Å². The van der Waals surface area contributed by atoms with Crippen LogP contribution >= 0.6 is 0 Å². The molecule has 2 aromatic heterocycles. The summed E-state index contributed by atoms with van der Waals surface area (Å²) >= 11 is 0. The third-order valence-electron chi connectivity index (χ3n) is 9.26. The molecule has 290 valence electrons. The van der Waals surface area contributed by atoms with Crippen LogP contribution in [0.2, 0.25) is 0 Å². The molecule has 5 aromatic rings. The van der Waals surface area contributed by atoms with E-state index in [1.165, 1.54) is 55.5 Å². The fraction of sp³-hybridized carbons (Fsp3) is 0.489. The molecule has 0 radical (unpaired) electrons. The Kier molecular flexibility index (Phi) is 21.4. The Morgan fingerprint density at radius 1 is 0.698 bits per heavy atom. The van der Waals surface area contributed by atoms with Crippen LogP contribution in [-0.4, -0.2) is 56.4 Å². The van der Waals surface area contributed by atoms with Gasteiger partial charge in [0.25, 0.3) is 0 Å². The van der Waals surface area contributed by atoms with E-state index in [4.69, 9.17) is 10.3 Å². The minimum absolute atomic E-state index is 0. The summed E-state index contributed by atoms with van der Waals surface area (Å²) in [7, 11) is 12.6. The number of aryl methyl sites for hydroxylation is 5. The van der Waals surface area contributed by atoms with E-state index in [9.17, 15) is 0 Å². The Hall–Kier alpha value is -3.04. The fourth-order valence-corrected chi connectivity index (χ4v) is 6.68. The van der Waals surface area contributed by atoms with Gasteiger partial charge in [-0.05, 0) is 84.9 Å². The molecule has 0 fully saturated rings. The normalized spacial score (nSPS) is 11.2. The van der Waals surface area contributed by atoms with E-state index in [2.05, 4.69) is 155 Å². The average Bonchev–Trinajstić information content (AvgIpc) is 3.62. The molecule has 8 heteroatoms. The van der Waals surface area contributed by atoms with Crippen molar-refractivity contribution >= 4 is 16.6 Å². The van der Waals surface area contributed by atoms with Crippen molar-refractivity contribution in [2.24, 2.45) is 7.05 Å². The van der Waals surface area contributed by atoms with Crippen molar-refractivity contribution in [2.45, 2.75) is 99.5 Å². The van der Waals surface area contributed by atoms with Crippen LogP contribution in [-0.2, 0) is 52.2 Å². The topological polar surface area (TPSA) is 79.2 Å². The molecule has 5 rings (SSSR count). The number of hydrogen-bond acceptors (Lipinski definition) is 1. The Morgan fingerprint density at radius 3 is 1.64 bits per heavy atom. The van der Waals surface area contributed by atoms with Crippen molar-refractivity contribution in [3.63, 3.8) is 0 Å². The molecule has 0 saturated carbocycles. The van der Waals surface area contributed by atoms with E-state index in [1.807, 2.05) is 0 Å². The minimum atomic E-state index is -0.227. The van der Waals surface area contributed by atoms with E-state index in [0.29, 0.717) is 11.8 Å². The quantitative estimate of drug-likeness (QED) is 0.129. The molecule has 1 atom stereocenters. The van der Waals surface area contributed by atoms with Crippen molar-refractivity contribution in [3.8, 4) is 5.82 Å². The Morgan fingerprint density at radius 2 is 1.19 bits per heavy atom. The molecule has 0 aliphatic carbocycles. The molecule has 3 aromatic carbocycles. The number of aromatic nitrogens is 3. The van der Waals surface area contributed by atoms with Crippen molar-refractivity contribution in [1.82, 2.24) is 14.1 Å². The van der Waals surface area contributed by atoms with E-state index in [0.717, 1.165) is 36.6 Å². The van der Waals surface area contributed by atoms with E-state index < -0.39 is 0 Å². The van der Waals surface area contributed by atoms with Gasteiger partial charge in [-0.2, -0.15) is 42.3 Å². The number of fused-ring (bicyclic) bond motifs is 1. The summed E-state index contributed by atoms with van der Waals surface area (Å²) in [5.74, 6) is 2.66. The predicted octanol–water partition coefficient (Wildman–Crippen LogP) is 12.6. The van der Waals surface area contributed by atoms with Crippen molar-refractivity contribution in [2.75, 3.05) is 42.3 Å². The Balaban J connectivity index is 0.00000128. The van der Waals surface area contributed by atoms with Crippen LogP contribution in [0, 0.1) is 13.8 Å². The summed E-state index contributed by atoms with van der Waals surface area (Å²) in [6, 6.07) is 20.0. The molecule has 2 heterocycles. The summed E-state index contributed by atoms with van der Waals surface area (Å²) in [4.78, 5) is 5.45. The summed E-state index contributed by atoms with van der Waals surface area (Å²) in [6.07, 6.45) is 5.14. The second kappa shape index (κ2) is 23.7. The zero-order valence-electron chi connectivity index (χ0n) is 35.8. The molecule has 0 saturated heterocycles. The first-order chi connectivity index (χ1) is 24.8. The van der Waals surface area contributed by atoms with E-state index in [1.54, 1.807) is 42.3 Å². The molecule has 7 nitrogen and oxygen atoms in total. The van der Waals surface area contributed by atoms with Gasteiger partial charge in [0.05, 0.1) is 5.52 Å². The van der Waals surface area contributed by atoms with Gasteiger partial charge in [-0.25, -0.2) is 4.98 Å². The molecule has 0 N–H and O–H groups in total. The van der Waals surface area contributed by atoms with Gasteiger partial charge in [0.15, 0.2) is 5.82 Å². The molecule has 0 spiro atoms. The summed E-state index contributed by atoms with van der Waals surface area (Å²) < 4.78 is 4.53. The number of nitrogens with zero attached hydrogens (tertiary/aromatic N) is 7. The first kappa shape index (κ1) is 48.0. The van der Waals surface area contributed by atoms with Gasteiger partial charge >= 0.3 is 0 Å². The fourth-order valence-electron chi connectivity index (χ4n) is 6.68. The predicted molar refractivity (Wildman–Crippen MR) is 229 cm³/mol. The maximum absolute atomic E-state index is 5.78. The molecule has 0 amide bonds. The summed E-state index contributed by atoms with van der Waals surface area (Å²) in [6.45, 7) is 20.3. The van der Waals surface area contributed by atoms with Crippen LogP contribution in [0.5, 0.6) is 0 Å². The zero-order chi connectivity index (χ0) is 39.1. The second-order valence-electron chi connectivity index (χ2n) is 14.0. The average molecular weight is 885 g/mol. The number of imidazole rings is 1. The van der Waals surface area contributed by atoms with Crippen molar-refractivity contribution in [3.05, 3.63) is 133 Å². The standard InChI is InChI=1S/C39H49N4.3C2H6N.Hf/c1-11-28-21-29(12-2)36(30(13-3)22-28)38(41-37-31(24(4)5)18-16-19-32(37)25(6)7)39-40-35(23-42(39)10)43-27(9)26(8)33-17-14-15-20-34(33)43;3*1-3-2;/h14-25,38H,11-13H2,1-10H3;3*1-2H3;/q4*-1;. The zero-order valence-corrected chi connectivity index (χ0v) is 39.4. The summed E-state index contributed by atoms with van der Waals surface area (Å²) in [5.41, 5.74) is 12.9. The minimum Gasteiger partial charge on any atom is -0.671 e. The smallest absolute Gasteiger partial charge is 0.155 e. The molecule has 0 aliphatic rings. The van der Waals surface area contributed by atoms with Gasteiger partial charge in [-0.1, -0.05) is 108 Å². The van der Waals surface area contributed by atoms with Crippen LogP contribution in [0.4, 0.5) is 5.69 Å². The van der Waals surface area contributed by atoms with Gasteiger partial charge in [-0.15, -0.1) is 5.69 Å². The van der Waals surface area contributed by atoms with Crippen LogP contribution in [0.25, 0.3) is 38.0 Å². The van der Waals surface area contributed by atoms with Gasteiger partial charge in [-0.3, -0.25) is 4.57 Å². The molecular formula is C45H67HfN7-4. The molecular weight excluding hydrogens is 817 g/mol. The molecule has 0 bridgehead atoms. The van der Waals surface area contributed by atoms with Gasteiger partial charge in [0.2, 0.25) is 0 Å². The third kappa shape index (κ3) is 11.7. The maximum atomic E-state index is 5.78. The number of rotatable bonds is 10. The number of benzene rings is 3. The number of para-hydroxylation sites is 2. The van der Waals surface area contributed by atoms with Gasteiger partial charge < -0.3 is 25.8 Å². The Bertz CT molecular complexity index is 1760. The SMILES string of the molecule is CCc1cc(CC)c(C([N-]c2c(C(C)C)cccc2C(C)C)c2nc(-n3c(C)c(C)c4ccccc43)cn2C)c(CC)c1.C[N-]C.C[N-]C.C[N-]C.[Hf]. The first-order valence-electron chi connectivity index (χ1n) is 18.9. The van der Waals surface area contributed by atoms with Crippen LogP contribution in [0.1, 0.15) is 117 Å². The van der Waals surface area contributed by atoms with Crippen molar-refractivity contribution in [1.29, 1.82) is 0 Å². The first-order valence-corrected chi connectivity index (χ1v) is 18.9. The third-order valence-corrected chi connectivity index (χ3v) is 9.26. The monoisotopic (exact) mass is 885 g/mol. The molecule has 53 heavy (non-hydrogen) atoms. The maximum Gasteiger partial charge on any atom is 0.155 e. The largest absolute Gasteiger partial charge is 0.671 e. The van der Waals surface area contributed by atoms with E-state index in [-0.39, 0.29) is 31.9 Å². The van der Waals surface area contributed by atoms with Crippen LogP contribution in [0.15, 0.2) is 60.8 Å². The summed E-state index contributed by atoms with van der Waals surface area (Å²) in [5, 5.41) is 17.6. The van der Waals surface area contributed by atoms with Crippen LogP contribution in [0.3, 0.4) is 0 Å². The number of hydrogen-bond donors (Lipinski definition) is 0. The van der Waals surface area contributed by atoms with Crippen LogP contribution < -0.4 is 0 Å².